The van der Waals surface area contributed by atoms with Crippen LogP contribution in [0.4, 0.5) is 5.69 Å². The molecule has 1 aliphatic heterocycles. The number of methoxy groups -OCH3 is 1. The molecule has 3 aromatic rings. The number of likely N-dealkylation sites (tertiary alicyclic amines) is 1. The molecule has 0 spiro atoms. The van der Waals surface area contributed by atoms with Crippen LogP contribution in [0.5, 0.6) is 5.75 Å². The van der Waals surface area contributed by atoms with Crippen LogP contribution in [-0.2, 0) is 17.8 Å². The first-order chi connectivity index (χ1) is 16.0. The largest absolute Gasteiger partial charge is 0.497 e. The first-order valence-corrected chi connectivity index (χ1v) is 11.4. The van der Waals surface area contributed by atoms with Crippen LogP contribution in [0.25, 0.3) is 0 Å². The molecular weight excluding hydrogens is 412 g/mol. The number of benzene rings is 3. The van der Waals surface area contributed by atoms with Gasteiger partial charge in [-0.25, -0.2) is 0 Å². The zero-order valence-corrected chi connectivity index (χ0v) is 19.3. The fraction of sp³-hybridized carbons (Fsp3) is 0.286. The third-order valence-electron chi connectivity index (χ3n) is 6.06. The van der Waals surface area contributed by atoms with Gasteiger partial charge in [0.1, 0.15) is 5.75 Å². The zero-order chi connectivity index (χ0) is 23.2. The summed E-state index contributed by atoms with van der Waals surface area (Å²) in [4.78, 5) is 30.0. The summed E-state index contributed by atoms with van der Waals surface area (Å²) < 4.78 is 5.32. The highest BCUT2D eigenvalue weighted by Crippen LogP contribution is 2.24. The highest BCUT2D eigenvalue weighted by molar-refractivity contribution is 6.06. The number of hydrogen-bond acceptors (Lipinski definition) is 3. The molecule has 0 bridgehead atoms. The van der Waals surface area contributed by atoms with Crippen molar-refractivity contribution in [1.82, 2.24) is 4.90 Å². The van der Waals surface area contributed by atoms with Gasteiger partial charge in [-0.1, -0.05) is 48.0 Å². The number of hydrogen-bond donors (Lipinski definition) is 0. The Kier molecular flexibility index (Phi) is 7.08. The van der Waals surface area contributed by atoms with Gasteiger partial charge in [-0.2, -0.15) is 0 Å². The number of nitrogens with zero attached hydrogens (tertiary/aromatic N) is 2. The Labute approximate surface area is 195 Å². The van der Waals surface area contributed by atoms with Crippen molar-refractivity contribution in [2.24, 2.45) is 0 Å². The van der Waals surface area contributed by atoms with Crippen molar-refractivity contribution in [3.63, 3.8) is 0 Å². The predicted octanol–water partition coefficient (Wildman–Crippen LogP) is 5.02. The van der Waals surface area contributed by atoms with Gasteiger partial charge in [0, 0.05) is 24.3 Å². The van der Waals surface area contributed by atoms with E-state index in [1.807, 2.05) is 60.4 Å². The van der Waals surface area contributed by atoms with Crippen LogP contribution < -0.4 is 9.64 Å². The van der Waals surface area contributed by atoms with E-state index in [9.17, 15) is 9.59 Å². The molecule has 1 fully saturated rings. The number of carbonyl (C=O) groups is 2. The summed E-state index contributed by atoms with van der Waals surface area (Å²) in [5, 5.41) is 0. The molecule has 0 radical (unpaired) electrons. The van der Waals surface area contributed by atoms with E-state index in [0.717, 1.165) is 42.7 Å². The zero-order valence-electron chi connectivity index (χ0n) is 19.3. The van der Waals surface area contributed by atoms with Gasteiger partial charge >= 0.3 is 0 Å². The molecule has 1 aliphatic rings. The van der Waals surface area contributed by atoms with Crippen molar-refractivity contribution in [2.45, 2.75) is 32.7 Å². The molecule has 33 heavy (non-hydrogen) atoms. The second-order valence-electron chi connectivity index (χ2n) is 8.54. The average Bonchev–Trinajstić information content (AvgIpc) is 3.39. The fourth-order valence-corrected chi connectivity index (χ4v) is 4.16. The molecule has 2 amide bonds. The molecule has 0 saturated carbocycles. The van der Waals surface area contributed by atoms with Crippen LogP contribution in [0.15, 0.2) is 72.8 Å². The molecule has 0 unspecified atom stereocenters. The summed E-state index contributed by atoms with van der Waals surface area (Å²) in [6.07, 6.45) is 2.50. The first kappa shape index (κ1) is 22.6. The average molecular weight is 443 g/mol. The molecule has 1 heterocycles. The standard InChI is InChI=1S/C28H30N2O3/c1-21-11-13-22(14-12-21)20-30(28(32)24-8-6-10-26(19-24)33-2)25-9-5-7-23(17-25)18-27(31)29-15-3-4-16-29/h5-14,17,19H,3-4,15-16,18,20H2,1-2H3. The van der Waals surface area contributed by atoms with E-state index in [2.05, 4.69) is 12.1 Å². The van der Waals surface area contributed by atoms with E-state index in [4.69, 9.17) is 4.74 Å². The maximum Gasteiger partial charge on any atom is 0.258 e. The monoisotopic (exact) mass is 442 g/mol. The molecule has 170 valence electrons. The van der Waals surface area contributed by atoms with Crippen molar-refractivity contribution < 1.29 is 14.3 Å². The normalized spacial score (nSPS) is 13.1. The number of amides is 2. The maximum atomic E-state index is 13.6. The summed E-state index contributed by atoms with van der Waals surface area (Å²) in [7, 11) is 1.59. The van der Waals surface area contributed by atoms with E-state index in [1.165, 1.54) is 5.56 Å². The minimum absolute atomic E-state index is 0.113. The van der Waals surface area contributed by atoms with Crippen LogP contribution in [0, 0.1) is 6.92 Å². The van der Waals surface area contributed by atoms with E-state index >= 15 is 0 Å². The van der Waals surface area contributed by atoms with Crippen molar-refractivity contribution in [1.29, 1.82) is 0 Å². The molecular formula is C28H30N2O3. The lowest BCUT2D eigenvalue weighted by Crippen LogP contribution is -2.31. The van der Waals surface area contributed by atoms with Crippen LogP contribution in [-0.4, -0.2) is 36.9 Å². The van der Waals surface area contributed by atoms with Crippen LogP contribution in [0.1, 0.15) is 39.9 Å². The highest BCUT2D eigenvalue weighted by Gasteiger charge is 2.21. The van der Waals surface area contributed by atoms with Crippen LogP contribution >= 0.6 is 0 Å². The van der Waals surface area contributed by atoms with Gasteiger partial charge in [0.25, 0.3) is 5.91 Å². The lowest BCUT2D eigenvalue weighted by Gasteiger charge is -2.24. The number of carbonyl (C=O) groups excluding carboxylic acids is 2. The van der Waals surface area contributed by atoms with Gasteiger partial charge in [0.15, 0.2) is 0 Å². The Morgan fingerprint density at radius 3 is 2.36 bits per heavy atom. The molecule has 5 nitrogen and oxygen atoms in total. The third kappa shape index (κ3) is 5.61. The Balaban J connectivity index is 1.64. The van der Waals surface area contributed by atoms with Gasteiger partial charge in [-0.15, -0.1) is 0 Å². The Hall–Kier alpha value is -3.60. The summed E-state index contributed by atoms with van der Waals surface area (Å²) in [5.41, 5.74) is 4.45. The lowest BCUT2D eigenvalue weighted by molar-refractivity contribution is -0.129. The lowest BCUT2D eigenvalue weighted by atomic mass is 10.1. The molecule has 0 aromatic heterocycles. The summed E-state index contributed by atoms with van der Waals surface area (Å²) in [6.45, 7) is 4.16. The Morgan fingerprint density at radius 2 is 1.64 bits per heavy atom. The number of ether oxygens (including phenoxy) is 1. The quantitative estimate of drug-likeness (QED) is 0.517. The highest BCUT2D eigenvalue weighted by atomic mass is 16.5. The summed E-state index contributed by atoms with van der Waals surface area (Å²) in [5.74, 6) is 0.674. The van der Waals surface area contributed by atoms with Gasteiger partial charge in [0.05, 0.1) is 20.1 Å². The van der Waals surface area contributed by atoms with Gasteiger partial charge < -0.3 is 14.5 Å². The van der Waals surface area contributed by atoms with Crippen LogP contribution in [0.2, 0.25) is 0 Å². The van der Waals surface area contributed by atoms with E-state index < -0.39 is 0 Å². The minimum atomic E-state index is -0.113. The van der Waals surface area contributed by atoms with Crippen molar-refractivity contribution in [2.75, 3.05) is 25.1 Å². The number of anilines is 1. The van der Waals surface area contributed by atoms with Crippen LogP contribution in [0.3, 0.4) is 0 Å². The number of aryl methyl sites for hydroxylation is 1. The Bertz CT molecular complexity index is 1120. The molecule has 1 saturated heterocycles. The van der Waals surface area contributed by atoms with Crippen molar-refractivity contribution in [3.8, 4) is 5.75 Å². The minimum Gasteiger partial charge on any atom is -0.497 e. The predicted molar refractivity (Wildman–Crippen MR) is 131 cm³/mol. The SMILES string of the molecule is COc1cccc(C(=O)N(Cc2ccc(C)cc2)c2cccc(CC(=O)N3CCCC3)c2)c1. The molecule has 0 N–H and O–H groups in total. The molecule has 0 aliphatic carbocycles. The Morgan fingerprint density at radius 1 is 0.909 bits per heavy atom. The van der Waals surface area contributed by atoms with E-state index in [-0.39, 0.29) is 11.8 Å². The topological polar surface area (TPSA) is 49.9 Å². The van der Waals surface area contributed by atoms with Gasteiger partial charge in [0.2, 0.25) is 5.91 Å². The maximum absolute atomic E-state index is 13.6. The number of rotatable bonds is 7. The summed E-state index contributed by atoms with van der Waals surface area (Å²) >= 11 is 0. The van der Waals surface area contributed by atoms with Crippen molar-refractivity contribution >= 4 is 17.5 Å². The van der Waals surface area contributed by atoms with Gasteiger partial charge in [-0.3, -0.25) is 9.59 Å². The smallest absolute Gasteiger partial charge is 0.258 e. The summed E-state index contributed by atoms with van der Waals surface area (Å²) in [6, 6.07) is 23.1. The third-order valence-corrected chi connectivity index (χ3v) is 6.06. The second-order valence-corrected chi connectivity index (χ2v) is 8.54. The second kappa shape index (κ2) is 10.3. The van der Waals surface area contributed by atoms with E-state index in [1.54, 1.807) is 24.1 Å². The molecule has 3 aromatic carbocycles. The molecule has 4 rings (SSSR count). The molecule has 5 heteroatoms. The van der Waals surface area contributed by atoms with Crippen molar-refractivity contribution in [3.05, 3.63) is 95.1 Å². The fourth-order valence-electron chi connectivity index (χ4n) is 4.16. The van der Waals surface area contributed by atoms with E-state index in [0.29, 0.717) is 24.3 Å². The molecule has 0 atom stereocenters. The van der Waals surface area contributed by atoms with Gasteiger partial charge in [-0.05, 0) is 61.2 Å². The first-order valence-electron chi connectivity index (χ1n) is 11.4.